The highest BCUT2D eigenvalue weighted by atomic mass is 32.3. The van der Waals surface area contributed by atoms with Crippen molar-refractivity contribution < 1.29 is 73.7 Å². The molecule has 220 valence electrons. The Hall–Kier alpha value is -2.13. The molecule has 0 saturated heterocycles. The highest BCUT2D eigenvalue weighted by molar-refractivity contribution is 8.13. The van der Waals surface area contributed by atoms with Crippen LogP contribution in [0.2, 0.25) is 0 Å². The summed E-state index contributed by atoms with van der Waals surface area (Å²) >= 11 is 0. The first kappa shape index (κ1) is 33.9. The smallest absolute Gasteiger partial charge is 0.423 e. The number of Topliss-reactive ketones (excluding diaryl/α,β-unsaturated/α-hetero) is 1. The van der Waals surface area contributed by atoms with Crippen LogP contribution in [0.25, 0.3) is 4.13 Å². The number of carbonyl (C=O) groups is 1. The molecule has 0 aliphatic rings. The van der Waals surface area contributed by atoms with Crippen molar-refractivity contribution in [3.63, 3.8) is 0 Å². The number of benzene rings is 1. The van der Waals surface area contributed by atoms with Gasteiger partial charge in [-0.15, -0.1) is 0 Å². The van der Waals surface area contributed by atoms with Crippen molar-refractivity contribution in [1.82, 2.24) is 0 Å². The van der Waals surface area contributed by atoms with Crippen molar-refractivity contribution in [3.05, 3.63) is 34.0 Å². The summed E-state index contributed by atoms with van der Waals surface area (Å²) in [5.41, 5.74) is -7.36. The van der Waals surface area contributed by atoms with Crippen molar-refractivity contribution in [2.75, 3.05) is 0 Å². The van der Waals surface area contributed by atoms with Gasteiger partial charge in [0.25, 0.3) is 0 Å². The van der Waals surface area contributed by atoms with E-state index in [2.05, 4.69) is 4.18 Å². The summed E-state index contributed by atoms with van der Waals surface area (Å²) in [6.45, 7) is 4.90. The average molecular weight is 631 g/mol. The first-order valence-electron chi connectivity index (χ1n) is 9.59. The molecule has 1 rings (SSSR count). The Kier molecular flexibility index (Phi) is 9.03. The Labute approximate surface area is 210 Å². The number of alkyl halides is 9. The summed E-state index contributed by atoms with van der Waals surface area (Å²) in [6.07, 6.45) is 0.168. The van der Waals surface area contributed by atoms with E-state index in [1.165, 1.54) is 0 Å². The Bertz CT molecular complexity index is 1370. The third-order valence-corrected chi connectivity index (χ3v) is 9.35. The maximum Gasteiger partial charge on any atom is 0.480 e. The topological polar surface area (TPSA) is 143 Å². The zero-order valence-corrected chi connectivity index (χ0v) is 21.5. The van der Waals surface area contributed by atoms with E-state index in [9.17, 15) is 69.6 Å². The normalized spacial score (nSPS) is 14.8. The third-order valence-electron chi connectivity index (χ3n) is 4.99. The fraction of sp³-hybridized carbons (Fsp3) is 0.588. The number of hydrogen-bond donors (Lipinski definition) is 0. The lowest BCUT2D eigenvalue weighted by atomic mass is 9.82. The van der Waals surface area contributed by atoms with Crippen molar-refractivity contribution in [2.24, 2.45) is 5.41 Å². The summed E-state index contributed by atoms with van der Waals surface area (Å²) in [5, 5.41) is -14.7. The average Bonchev–Trinajstić information content (AvgIpc) is 2.72. The molecule has 0 aromatic heterocycles. The van der Waals surface area contributed by atoms with Crippen LogP contribution < -0.4 is 4.18 Å². The Morgan fingerprint density at radius 3 is 1.63 bits per heavy atom. The third kappa shape index (κ3) is 6.19. The van der Waals surface area contributed by atoms with Gasteiger partial charge in [0.15, 0.2) is 20.0 Å². The van der Waals surface area contributed by atoms with Gasteiger partial charge in [0.2, 0.25) is 0 Å². The number of ketones is 1. The zero-order chi connectivity index (χ0) is 30.4. The predicted octanol–water partition coefficient (Wildman–Crippen LogP) is 4.32. The lowest BCUT2D eigenvalue weighted by Crippen LogP contribution is -2.61. The van der Waals surface area contributed by atoms with Crippen molar-refractivity contribution in [3.8, 4) is 5.75 Å². The molecular weight excluding hydrogens is 613 g/mol. The molecule has 0 bridgehead atoms. The maximum atomic E-state index is 14.1. The van der Waals surface area contributed by atoms with Crippen molar-refractivity contribution in [1.29, 1.82) is 0 Å². The SMILES string of the molecule is CCC(C)(C)C(=O)Cc1ccc(OS(=O)(=O)C(F)(F)C(F)(F)C(F)(F)S(=O)(=O)[N-]S(=O)(=O)C(F)(F)F)cc1. The molecule has 0 aliphatic carbocycles. The quantitative estimate of drug-likeness (QED) is 0.246. The highest BCUT2D eigenvalue weighted by Gasteiger charge is 2.81. The molecule has 1 aromatic rings. The van der Waals surface area contributed by atoms with E-state index in [1.54, 1.807) is 20.8 Å². The van der Waals surface area contributed by atoms with E-state index in [0.29, 0.717) is 22.7 Å². The number of nitrogens with zero attached hydrogens (tertiary/aromatic N) is 1. The van der Waals surface area contributed by atoms with Crippen LogP contribution in [0.5, 0.6) is 5.75 Å². The summed E-state index contributed by atoms with van der Waals surface area (Å²) < 4.78 is 192. The number of carbonyl (C=O) groups excluding carboxylic acids is 1. The molecule has 0 amide bonds. The van der Waals surface area contributed by atoms with E-state index in [0.717, 1.165) is 12.1 Å². The minimum Gasteiger partial charge on any atom is -0.423 e. The summed E-state index contributed by atoms with van der Waals surface area (Å²) in [7, 11) is -22.7. The van der Waals surface area contributed by atoms with Gasteiger partial charge in [0.1, 0.15) is 11.5 Å². The van der Waals surface area contributed by atoms with Gasteiger partial charge in [-0.25, -0.2) is 16.8 Å². The fourth-order valence-electron chi connectivity index (χ4n) is 2.17. The molecule has 0 fully saturated rings. The van der Waals surface area contributed by atoms with E-state index in [-0.39, 0.29) is 17.8 Å². The molecule has 0 spiro atoms. The zero-order valence-electron chi connectivity index (χ0n) is 19.1. The van der Waals surface area contributed by atoms with Crippen LogP contribution >= 0.6 is 0 Å². The molecule has 0 unspecified atom stereocenters. The van der Waals surface area contributed by atoms with Gasteiger partial charge < -0.3 is 8.31 Å². The molecule has 0 heterocycles. The maximum absolute atomic E-state index is 14.1. The number of rotatable bonds is 12. The minimum atomic E-state index is -8.00. The minimum absolute atomic E-state index is 0.156. The summed E-state index contributed by atoms with van der Waals surface area (Å²) in [4.78, 5) is 12.2. The predicted molar refractivity (Wildman–Crippen MR) is 111 cm³/mol. The van der Waals surface area contributed by atoms with E-state index < -0.39 is 63.3 Å². The largest absolute Gasteiger partial charge is 0.480 e. The number of halogens is 9. The molecule has 38 heavy (non-hydrogen) atoms. The van der Waals surface area contributed by atoms with Gasteiger partial charge >= 0.3 is 32.1 Å². The first-order valence-corrected chi connectivity index (χ1v) is 13.9. The van der Waals surface area contributed by atoms with Crippen molar-refractivity contribution in [2.45, 2.75) is 55.6 Å². The van der Waals surface area contributed by atoms with Gasteiger partial charge in [-0.05, 0) is 24.1 Å². The number of hydrogen-bond acceptors (Lipinski definition) is 8. The molecule has 0 aliphatic heterocycles. The van der Waals surface area contributed by atoms with E-state index >= 15 is 0 Å². The van der Waals surface area contributed by atoms with Gasteiger partial charge in [-0.1, -0.05) is 32.9 Å². The monoisotopic (exact) mass is 630 g/mol. The Morgan fingerprint density at radius 2 is 1.24 bits per heavy atom. The van der Waals surface area contributed by atoms with Crippen molar-refractivity contribution >= 4 is 35.9 Å². The summed E-state index contributed by atoms with van der Waals surface area (Å²) in [6, 6.07) is 2.94. The standard InChI is InChI=1S/C17H17F9NO8S3/c1-4-13(2,3)12(28)9-10-5-7-11(8-6-10)35-38(33,34)16(22,23)14(18,19)15(20,21)36(29,30)27-37(31,32)17(24,25)26/h5-8H,4,9H2,1-3H3/q-1. The molecule has 0 N–H and O–H groups in total. The van der Waals surface area contributed by atoms with Crippen LogP contribution in [-0.2, 0) is 41.4 Å². The Morgan fingerprint density at radius 1 is 0.789 bits per heavy atom. The molecule has 9 nitrogen and oxygen atoms in total. The molecule has 0 atom stereocenters. The molecule has 1 aromatic carbocycles. The summed E-state index contributed by atoms with van der Waals surface area (Å²) in [5.74, 6) is -9.14. The molecular formula is C17H17F9NO8S3-. The molecule has 0 saturated carbocycles. The van der Waals surface area contributed by atoms with Gasteiger partial charge in [0, 0.05) is 11.8 Å². The lowest BCUT2D eigenvalue weighted by Gasteiger charge is -2.35. The molecule has 21 heteroatoms. The van der Waals surface area contributed by atoms with Crippen LogP contribution in [0.1, 0.15) is 32.8 Å². The first-order chi connectivity index (χ1) is 16.6. The van der Waals surface area contributed by atoms with E-state index in [4.69, 9.17) is 0 Å². The fourth-order valence-corrected chi connectivity index (χ4v) is 5.34. The second-order valence-electron chi connectivity index (χ2n) is 8.10. The van der Waals surface area contributed by atoms with Gasteiger partial charge in [-0.2, -0.15) is 47.9 Å². The van der Waals surface area contributed by atoms with Gasteiger partial charge in [0.05, 0.1) is 0 Å². The second-order valence-corrected chi connectivity index (χ2v) is 13.2. The van der Waals surface area contributed by atoms with Crippen LogP contribution in [0, 0.1) is 5.41 Å². The second kappa shape index (κ2) is 10.1. The lowest BCUT2D eigenvalue weighted by molar-refractivity contribution is -0.245. The van der Waals surface area contributed by atoms with Crippen LogP contribution in [-0.4, -0.2) is 53.0 Å². The number of sulfonamides is 2. The molecule has 0 radical (unpaired) electrons. The Balaban J connectivity index is 3.33. The van der Waals surface area contributed by atoms with E-state index in [1.807, 2.05) is 0 Å². The highest BCUT2D eigenvalue weighted by Crippen LogP contribution is 2.53. The van der Waals surface area contributed by atoms with Crippen LogP contribution in [0.4, 0.5) is 39.5 Å². The van der Waals surface area contributed by atoms with Gasteiger partial charge in [-0.3, -0.25) is 4.79 Å². The van der Waals surface area contributed by atoms with Crippen LogP contribution in [0.3, 0.4) is 0 Å². The van der Waals surface area contributed by atoms with Crippen LogP contribution in [0.15, 0.2) is 24.3 Å².